The van der Waals surface area contributed by atoms with Gasteiger partial charge in [-0.3, -0.25) is 0 Å². The minimum absolute atomic E-state index is 0.455. The number of aliphatic hydroxyl groups is 4. The molecule has 2 aromatic carbocycles. The smallest absolute Gasteiger partial charge is 0.173 e. The molecule has 2 unspecified atom stereocenters. The van der Waals surface area contributed by atoms with Crippen molar-refractivity contribution in [2.45, 2.75) is 43.5 Å². The zero-order valence-electron chi connectivity index (χ0n) is 14.0. The molecule has 1 aliphatic rings. The Morgan fingerprint density at radius 2 is 1.72 bits per heavy atom. The fraction of sp³-hybridized carbons (Fsp3) is 0.474. The number of ether oxygens (including phenoxy) is 1. The standard InChI is InChI=1S/C19H25NO5/c21-11-15-17(22)18(23)16(19(24)25-15)20-10-4-8-13-7-3-6-12-5-1-2-9-14(12)13/h1-3,5-7,9,15-24H,4,8,10-11H2/t15-,16?,17+,18-,19?/m1/s1. The molecule has 1 fully saturated rings. The lowest BCUT2D eigenvalue weighted by Crippen LogP contribution is -2.63. The van der Waals surface area contributed by atoms with Crippen LogP contribution in [0.1, 0.15) is 12.0 Å². The molecule has 0 radical (unpaired) electrons. The van der Waals surface area contributed by atoms with E-state index in [9.17, 15) is 15.3 Å². The molecule has 0 bridgehead atoms. The highest BCUT2D eigenvalue weighted by Crippen LogP contribution is 2.21. The van der Waals surface area contributed by atoms with Crippen LogP contribution < -0.4 is 5.32 Å². The molecule has 5 N–H and O–H groups in total. The largest absolute Gasteiger partial charge is 0.394 e. The number of aliphatic hydroxyl groups excluding tert-OH is 4. The summed E-state index contributed by atoms with van der Waals surface area (Å²) >= 11 is 0. The number of hydrogen-bond acceptors (Lipinski definition) is 6. The van der Waals surface area contributed by atoms with Crippen LogP contribution in [0.4, 0.5) is 0 Å². The average molecular weight is 347 g/mol. The summed E-state index contributed by atoms with van der Waals surface area (Å²) in [7, 11) is 0. The first kappa shape index (κ1) is 18.3. The Morgan fingerprint density at radius 1 is 0.960 bits per heavy atom. The SMILES string of the molecule is OC[C@H]1OC(O)C(NCCCc2cccc3ccccc23)[C@@H](O)[C@H]1O. The summed E-state index contributed by atoms with van der Waals surface area (Å²) in [5, 5.41) is 44.5. The predicted molar refractivity (Wildman–Crippen MR) is 94.0 cm³/mol. The van der Waals surface area contributed by atoms with Gasteiger partial charge in [-0.1, -0.05) is 42.5 Å². The van der Waals surface area contributed by atoms with Gasteiger partial charge in [0.1, 0.15) is 18.3 Å². The van der Waals surface area contributed by atoms with Crippen molar-refractivity contribution in [1.29, 1.82) is 0 Å². The van der Waals surface area contributed by atoms with Gasteiger partial charge >= 0.3 is 0 Å². The van der Waals surface area contributed by atoms with E-state index in [-0.39, 0.29) is 0 Å². The zero-order chi connectivity index (χ0) is 17.8. The lowest BCUT2D eigenvalue weighted by atomic mass is 9.96. The number of benzene rings is 2. The molecule has 2 aromatic rings. The highest BCUT2D eigenvalue weighted by molar-refractivity contribution is 5.85. The van der Waals surface area contributed by atoms with Gasteiger partial charge in [-0.25, -0.2) is 0 Å². The number of aryl methyl sites for hydroxylation is 1. The summed E-state index contributed by atoms with van der Waals surface area (Å²) in [6.07, 6.45) is -3.01. The van der Waals surface area contributed by atoms with Crippen LogP contribution in [0.15, 0.2) is 42.5 Å². The van der Waals surface area contributed by atoms with Crippen LogP contribution in [0.3, 0.4) is 0 Å². The van der Waals surface area contributed by atoms with Crippen LogP contribution in [-0.4, -0.2) is 64.2 Å². The molecule has 0 amide bonds. The molecule has 0 saturated carbocycles. The first-order valence-corrected chi connectivity index (χ1v) is 8.62. The molecule has 3 rings (SSSR count). The molecule has 1 saturated heterocycles. The molecule has 6 nitrogen and oxygen atoms in total. The van der Waals surface area contributed by atoms with Crippen molar-refractivity contribution in [2.75, 3.05) is 13.2 Å². The number of fused-ring (bicyclic) bond motifs is 1. The second-order valence-electron chi connectivity index (χ2n) is 6.45. The summed E-state index contributed by atoms with van der Waals surface area (Å²) in [5.41, 5.74) is 1.25. The fourth-order valence-electron chi connectivity index (χ4n) is 3.38. The third kappa shape index (κ3) is 4.00. The normalized spacial score (nSPS) is 29.8. The molecule has 0 aromatic heterocycles. The third-order valence-electron chi connectivity index (χ3n) is 4.78. The van der Waals surface area contributed by atoms with Gasteiger partial charge in [-0.05, 0) is 35.7 Å². The van der Waals surface area contributed by atoms with Crippen molar-refractivity contribution in [1.82, 2.24) is 5.32 Å². The summed E-state index contributed by atoms with van der Waals surface area (Å²) in [6, 6.07) is 13.7. The van der Waals surface area contributed by atoms with E-state index in [0.29, 0.717) is 6.54 Å². The third-order valence-corrected chi connectivity index (χ3v) is 4.78. The van der Waals surface area contributed by atoms with Gasteiger partial charge in [-0.2, -0.15) is 0 Å². The Labute approximate surface area is 146 Å². The van der Waals surface area contributed by atoms with E-state index in [1.54, 1.807) is 0 Å². The van der Waals surface area contributed by atoms with Crippen LogP contribution in [0.25, 0.3) is 10.8 Å². The highest BCUT2D eigenvalue weighted by Gasteiger charge is 2.43. The van der Waals surface area contributed by atoms with Crippen LogP contribution in [0.5, 0.6) is 0 Å². The zero-order valence-corrected chi connectivity index (χ0v) is 14.0. The van der Waals surface area contributed by atoms with Crippen LogP contribution in [0, 0.1) is 0 Å². The van der Waals surface area contributed by atoms with Crippen molar-refractivity contribution in [3.05, 3.63) is 48.0 Å². The van der Waals surface area contributed by atoms with Gasteiger partial charge in [0, 0.05) is 0 Å². The van der Waals surface area contributed by atoms with Gasteiger partial charge < -0.3 is 30.5 Å². The molecule has 1 aliphatic heterocycles. The molecule has 136 valence electrons. The maximum Gasteiger partial charge on any atom is 0.173 e. The second-order valence-corrected chi connectivity index (χ2v) is 6.45. The van der Waals surface area contributed by atoms with E-state index in [0.717, 1.165) is 12.8 Å². The van der Waals surface area contributed by atoms with Crippen LogP contribution >= 0.6 is 0 Å². The van der Waals surface area contributed by atoms with E-state index < -0.39 is 37.3 Å². The second kappa shape index (κ2) is 8.23. The van der Waals surface area contributed by atoms with Gasteiger partial charge in [-0.15, -0.1) is 0 Å². The van der Waals surface area contributed by atoms with E-state index in [4.69, 9.17) is 9.84 Å². The van der Waals surface area contributed by atoms with Crippen LogP contribution in [-0.2, 0) is 11.2 Å². The molecule has 1 heterocycles. The highest BCUT2D eigenvalue weighted by atomic mass is 16.6. The summed E-state index contributed by atoms with van der Waals surface area (Å²) in [5.74, 6) is 0. The van der Waals surface area contributed by atoms with Crippen molar-refractivity contribution in [3.63, 3.8) is 0 Å². The lowest BCUT2D eigenvalue weighted by molar-refractivity contribution is -0.254. The Morgan fingerprint density at radius 3 is 2.52 bits per heavy atom. The molecule has 5 atom stereocenters. The Kier molecular flexibility index (Phi) is 6.01. The quantitative estimate of drug-likeness (QED) is 0.477. The van der Waals surface area contributed by atoms with E-state index in [2.05, 4.69) is 29.6 Å². The minimum Gasteiger partial charge on any atom is -0.394 e. The molecule has 0 aliphatic carbocycles. The predicted octanol–water partition coefficient (Wildman–Crippen LogP) is 0.162. The van der Waals surface area contributed by atoms with E-state index >= 15 is 0 Å². The van der Waals surface area contributed by atoms with Crippen molar-refractivity contribution >= 4 is 10.8 Å². The summed E-state index contributed by atoms with van der Waals surface area (Å²) in [6.45, 7) is 0.102. The first-order chi connectivity index (χ1) is 12.1. The maximum atomic E-state index is 10.1. The topological polar surface area (TPSA) is 102 Å². The molecule has 25 heavy (non-hydrogen) atoms. The number of nitrogens with one attached hydrogen (secondary N) is 1. The molecular weight excluding hydrogens is 322 g/mol. The van der Waals surface area contributed by atoms with E-state index in [1.807, 2.05) is 18.2 Å². The van der Waals surface area contributed by atoms with Crippen LogP contribution in [0.2, 0.25) is 0 Å². The Balaban J connectivity index is 1.54. The lowest BCUT2D eigenvalue weighted by Gasteiger charge is -2.40. The number of hydrogen-bond donors (Lipinski definition) is 5. The Hall–Kier alpha value is -1.54. The summed E-state index contributed by atoms with van der Waals surface area (Å²) < 4.78 is 5.14. The van der Waals surface area contributed by atoms with Crippen molar-refractivity contribution in [3.8, 4) is 0 Å². The van der Waals surface area contributed by atoms with Crippen molar-refractivity contribution < 1.29 is 25.2 Å². The van der Waals surface area contributed by atoms with Gasteiger partial charge in [0.25, 0.3) is 0 Å². The first-order valence-electron chi connectivity index (χ1n) is 8.62. The average Bonchev–Trinajstić information content (AvgIpc) is 2.64. The molecule has 6 heteroatoms. The number of rotatable bonds is 6. The van der Waals surface area contributed by atoms with Gasteiger partial charge in [0.05, 0.1) is 12.6 Å². The Bertz CT molecular complexity index is 689. The summed E-state index contributed by atoms with van der Waals surface area (Å²) in [4.78, 5) is 0. The molecular formula is C19H25NO5. The maximum absolute atomic E-state index is 10.1. The monoisotopic (exact) mass is 347 g/mol. The molecule has 0 spiro atoms. The fourth-order valence-corrected chi connectivity index (χ4v) is 3.38. The van der Waals surface area contributed by atoms with Gasteiger partial charge in [0.15, 0.2) is 6.29 Å². The van der Waals surface area contributed by atoms with Gasteiger partial charge in [0.2, 0.25) is 0 Å². The minimum atomic E-state index is -1.27. The van der Waals surface area contributed by atoms with Crippen molar-refractivity contribution in [2.24, 2.45) is 0 Å². The van der Waals surface area contributed by atoms with E-state index in [1.165, 1.54) is 16.3 Å².